The summed E-state index contributed by atoms with van der Waals surface area (Å²) >= 11 is 0. The highest BCUT2D eigenvalue weighted by Crippen LogP contribution is 2.36. The maximum atomic E-state index is 9.30. The molecule has 0 radical (unpaired) electrons. The Balaban J connectivity index is 2.48. The highest BCUT2D eigenvalue weighted by Gasteiger charge is 2.52. The van der Waals surface area contributed by atoms with Crippen molar-refractivity contribution in [2.45, 2.75) is 52.2 Å². The molecule has 1 aromatic rings. The summed E-state index contributed by atoms with van der Waals surface area (Å²) in [5, 5.41) is 9.30. The second-order valence-electron chi connectivity index (χ2n) is 5.93. The van der Waals surface area contributed by atoms with Crippen molar-refractivity contribution in [1.82, 2.24) is 0 Å². The van der Waals surface area contributed by atoms with Gasteiger partial charge in [0.25, 0.3) is 0 Å². The van der Waals surface area contributed by atoms with Gasteiger partial charge in [0, 0.05) is 5.46 Å². The van der Waals surface area contributed by atoms with Crippen molar-refractivity contribution in [3.05, 3.63) is 29.3 Å². The molecule has 0 atom stereocenters. The van der Waals surface area contributed by atoms with E-state index in [1.54, 1.807) is 0 Å². The molecule has 3 nitrogen and oxygen atoms in total. The van der Waals surface area contributed by atoms with Crippen LogP contribution >= 0.6 is 0 Å². The van der Waals surface area contributed by atoms with Crippen LogP contribution in [-0.4, -0.2) is 18.3 Å². The molecule has 2 rings (SSSR count). The van der Waals surface area contributed by atoms with Crippen LogP contribution in [0.3, 0.4) is 0 Å². The van der Waals surface area contributed by atoms with Crippen molar-refractivity contribution in [2.75, 3.05) is 0 Å². The predicted molar refractivity (Wildman–Crippen MR) is 76.3 cm³/mol. The van der Waals surface area contributed by atoms with Gasteiger partial charge in [-0.25, -0.2) is 0 Å². The van der Waals surface area contributed by atoms with Gasteiger partial charge in [0.1, 0.15) is 0 Å². The highest BCUT2D eigenvalue weighted by molar-refractivity contribution is 6.63. The Bertz CT molecular complexity index is 515. The van der Waals surface area contributed by atoms with Crippen LogP contribution in [0.5, 0.6) is 0 Å². The van der Waals surface area contributed by atoms with E-state index in [1.807, 2.05) is 45.9 Å². The van der Waals surface area contributed by atoms with Crippen LogP contribution < -0.4 is 5.46 Å². The Morgan fingerprint density at radius 2 is 1.74 bits per heavy atom. The third-order valence-corrected chi connectivity index (χ3v) is 4.19. The van der Waals surface area contributed by atoms with Crippen LogP contribution in [0.25, 0.3) is 0 Å². The van der Waals surface area contributed by atoms with Gasteiger partial charge in [0.2, 0.25) is 0 Å². The van der Waals surface area contributed by atoms with Gasteiger partial charge in [-0.15, -0.1) is 0 Å². The lowest BCUT2D eigenvalue weighted by Crippen LogP contribution is -2.41. The fourth-order valence-corrected chi connectivity index (χ4v) is 2.26. The molecule has 1 heterocycles. The molecule has 1 saturated heterocycles. The third-order valence-electron chi connectivity index (χ3n) is 4.19. The van der Waals surface area contributed by atoms with Gasteiger partial charge in [0.05, 0.1) is 22.8 Å². The van der Waals surface area contributed by atoms with Crippen LogP contribution in [0.2, 0.25) is 0 Å². The Hall–Kier alpha value is -1.31. The molecule has 0 spiro atoms. The topological polar surface area (TPSA) is 42.2 Å². The SMILES string of the molecule is CCc1cccc(C#N)c1B1OC(C)(C)C(C)(C)O1. The molecule has 1 fully saturated rings. The van der Waals surface area contributed by atoms with E-state index in [-0.39, 0.29) is 11.2 Å². The molecule has 0 unspecified atom stereocenters. The van der Waals surface area contributed by atoms with Gasteiger partial charge in [0.15, 0.2) is 0 Å². The summed E-state index contributed by atoms with van der Waals surface area (Å²) in [6, 6.07) is 8.00. The fraction of sp³-hybridized carbons (Fsp3) is 0.533. The van der Waals surface area contributed by atoms with E-state index >= 15 is 0 Å². The van der Waals surface area contributed by atoms with Gasteiger partial charge in [-0.1, -0.05) is 19.1 Å². The molecule has 0 bridgehead atoms. The summed E-state index contributed by atoms with van der Waals surface area (Å²) in [6.07, 6.45) is 0.856. The third kappa shape index (κ3) is 2.29. The van der Waals surface area contributed by atoms with Gasteiger partial charge >= 0.3 is 7.12 Å². The molecule has 0 saturated carbocycles. The average molecular weight is 257 g/mol. The van der Waals surface area contributed by atoms with Crippen LogP contribution in [0.4, 0.5) is 0 Å². The van der Waals surface area contributed by atoms with Crippen LogP contribution in [0.1, 0.15) is 45.7 Å². The second kappa shape index (κ2) is 4.66. The number of rotatable bonds is 2. The second-order valence-corrected chi connectivity index (χ2v) is 5.93. The smallest absolute Gasteiger partial charge is 0.399 e. The fourth-order valence-electron chi connectivity index (χ4n) is 2.26. The maximum absolute atomic E-state index is 9.30. The Kier molecular flexibility index (Phi) is 3.46. The quantitative estimate of drug-likeness (QED) is 0.764. The van der Waals surface area contributed by atoms with Crippen molar-refractivity contribution in [2.24, 2.45) is 0 Å². The molecule has 0 aliphatic carbocycles. The Morgan fingerprint density at radius 1 is 1.16 bits per heavy atom. The van der Waals surface area contributed by atoms with Crippen molar-refractivity contribution >= 4 is 12.6 Å². The van der Waals surface area contributed by atoms with E-state index in [4.69, 9.17) is 9.31 Å². The zero-order valence-electron chi connectivity index (χ0n) is 12.3. The predicted octanol–water partition coefficient (Wildman–Crippen LogP) is 2.42. The van der Waals surface area contributed by atoms with Crippen LogP contribution in [0.15, 0.2) is 18.2 Å². The molecule has 0 N–H and O–H groups in total. The minimum atomic E-state index is -0.462. The summed E-state index contributed by atoms with van der Waals surface area (Å²) in [5.74, 6) is 0. The molecule has 1 aromatic carbocycles. The van der Waals surface area contributed by atoms with Gasteiger partial charge in [-0.3, -0.25) is 0 Å². The summed E-state index contributed by atoms with van der Waals surface area (Å²) in [4.78, 5) is 0. The van der Waals surface area contributed by atoms with Crippen molar-refractivity contribution in [3.8, 4) is 6.07 Å². The molecular weight excluding hydrogens is 237 g/mol. The summed E-state index contributed by atoms with van der Waals surface area (Å²) in [5.41, 5.74) is 1.86. The first kappa shape index (κ1) is 14.1. The van der Waals surface area contributed by atoms with E-state index in [0.29, 0.717) is 5.56 Å². The molecule has 19 heavy (non-hydrogen) atoms. The minimum Gasteiger partial charge on any atom is -0.399 e. The van der Waals surface area contributed by atoms with Gasteiger partial charge in [-0.2, -0.15) is 5.26 Å². The number of hydrogen-bond acceptors (Lipinski definition) is 3. The van der Waals surface area contributed by atoms with Crippen molar-refractivity contribution in [3.63, 3.8) is 0 Å². The standard InChI is InChI=1S/C15H20BNO2/c1-6-11-8-7-9-12(10-17)13(11)16-18-14(2,3)15(4,5)19-16/h7-9H,6H2,1-5H3. The largest absolute Gasteiger partial charge is 0.496 e. The van der Waals surface area contributed by atoms with Crippen molar-refractivity contribution in [1.29, 1.82) is 5.26 Å². The van der Waals surface area contributed by atoms with Crippen LogP contribution in [-0.2, 0) is 15.7 Å². The lowest BCUT2D eigenvalue weighted by atomic mass is 9.72. The van der Waals surface area contributed by atoms with E-state index in [1.165, 1.54) is 0 Å². The van der Waals surface area contributed by atoms with E-state index in [9.17, 15) is 5.26 Å². The number of benzene rings is 1. The zero-order chi connectivity index (χ0) is 14.3. The molecule has 0 aromatic heterocycles. The lowest BCUT2D eigenvalue weighted by molar-refractivity contribution is 0.00578. The zero-order valence-corrected chi connectivity index (χ0v) is 12.3. The first-order valence-electron chi connectivity index (χ1n) is 6.70. The molecule has 100 valence electrons. The lowest BCUT2D eigenvalue weighted by Gasteiger charge is -2.32. The van der Waals surface area contributed by atoms with Crippen molar-refractivity contribution < 1.29 is 9.31 Å². The number of nitrogens with zero attached hydrogens (tertiary/aromatic N) is 1. The number of hydrogen-bond donors (Lipinski definition) is 0. The van der Waals surface area contributed by atoms with Gasteiger partial charge in [-0.05, 0) is 45.7 Å². The number of nitriles is 1. The monoisotopic (exact) mass is 257 g/mol. The first-order valence-corrected chi connectivity index (χ1v) is 6.70. The molecule has 1 aliphatic rings. The molecular formula is C15H20BNO2. The maximum Gasteiger partial charge on any atom is 0.496 e. The molecule has 1 aliphatic heterocycles. The first-order chi connectivity index (χ1) is 8.82. The van der Waals surface area contributed by atoms with Crippen LogP contribution in [0, 0.1) is 11.3 Å². The normalized spacial score (nSPS) is 20.3. The number of aryl methyl sites for hydroxylation is 1. The highest BCUT2D eigenvalue weighted by atomic mass is 16.7. The summed E-state index contributed by atoms with van der Waals surface area (Å²) in [6.45, 7) is 10.2. The van der Waals surface area contributed by atoms with Gasteiger partial charge < -0.3 is 9.31 Å². The summed E-state index contributed by atoms with van der Waals surface area (Å²) < 4.78 is 12.1. The Labute approximate surface area is 115 Å². The molecule has 0 amide bonds. The van der Waals surface area contributed by atoms with E-state index in [2.05, 4.69) is 13.0 Å². The van der Waals surface area contributed by atoms with E-state index in [0.717, 1.165) is 17.4 Å². The van der Waals surface area contributed by atoms with E-state index < -0.39 is 7.12 Å². The molecule has 4 heteroatoms. The average Bonchev–Trinajstić information content (AvgIpc) is 2.57. The summed E-state index contributed by atoms with van der Waals surface area (Å²) in [7, 11) is -0.462. The Morgan fingerprint density at radius 3 is 2.21 bits per heavy atom. The minimum absolute atomic E-state index is 0.384.